The Balaban J connectivity index is 1.91. The maximum atomic E-state index is 12.0. The molecular formula is C19H25N3O2. The largest absolute Gasteiger partial charge is 0.484 e. The van der Waals surface area contributed by atoms with Crippen LogP contribution in [-0.4, -0.2) is 22.5 Å². The minimum atomic E-state index is -0.169. The topological polar surface area (TPSA) is 64.1 Å². The van der Waals surface area contributed by atoms with Crippen LogP contribution in [0, 0.1) is 13.8 Å². The molecule has 0 aliphatic heterocycles. The zero-order valence-electron chi connectivity index (χ0n) is 15.0. The summed E-state index contributed by atoms with van der Waals surface area (Å²) < 4.78 is 5.55. The van der Waals surface area contributed by atoms with Gasteiger partial charge in [0.1, 0.15) is 12.1 Å². The Labute approximate surface area is 143 Å². The lowest BCUT2D eigenvalue weighted by molar-refractivity contribution is -0.123. The van der Waals surface area contributed by atoms with Gasteiger partial charge < -0.3 is 10.1 Å². The van der Waals surface area contributed by atoms with E-state index in [1.54, 1.807) is 6.20 Å². The van der Waals surface area contributed by atoms with E-state index in [0.29, 0.717) is 12.3 Å². The van der Waals surface area contributed by atoms with Crippen LogP contribution in [0.5, 0.6) is 5.75 Å². The molecule has 2 rings (SSSR count). The molecule has 1 aromatic carbocycles. The highest BCUT2D eigenvalue weighted by molar-refractivity contribution is 5.77. The summed E-state index contributed by atoms with van der Waals surface area (Å²) in [5.74, 6) is 0.531. The number of hydrogen-bond acceptors (Lipinski definition) is 4. The molecule has 1 amide bonds. The number of benzene rings is 1. The van der Waals surface area contributed by atoms with E-state index in [9.17, 15) is 4.79 Å². The molecule has 2 aromatic rings. The molecule has 0 aliphatic rings. The number of aromatic nitrogens is 2. The summed E-state index contributed by atoms with van der Waals surface area (Å²) in [7, 11) is 0. The van der Waals surface area contributed by atoms with Gasteiger partial charge in [-0.05, 0) is 37.1 Å². The van der Waals surface area contributed by atoms with Gasteiger partial charge in [-0.25, -0.2) is 9.97 Å². The number of nitrogens with zero attached hydrogens (tertiary/aromatic N) is 2. The second-order valence-electron chi connectivity index (χ2n) is 6.96. The maximum Gasteiger partial charge on any atom is 0.258 e. The van der Waals surface area contributed by atoms with Crippen LogP contribution in [0.25, 0.3) is 0 Å². The third-order valence-electron chi connectivity index (χ3n) is 3.82. The van der Waals surface area contributed by atoms with Gasteiger partial charge in [0.2, 0.25) is 0 Å². The standard InChI is InChI=1S/C19H25N3O2/c1-13-6-7-16(8-14(13)2)24-11-17(23)21-10-15-9-20-12-22-18(15)19(3,4)5/h6-9,12H,10-11H2,1-5H3,(H,21,23). The zero-order chi connectivity index (χ0) is 17.7. The van der Waals surface area contributed by atoms with Gasteiger partial charge in [-0.15, -0.1) is 0 Å². The van der Waals surface area contributed by atoms with Crippen molar-refractivity contribution < 1.29 is 9.53 Å². The Bertz CT molecular complexity index is 721. The summed E-state index contributed by atoms with van der Waals surface area (Å²) in [5.41, 5.74) is 4.10. The highest BCUT2D eigenvalue weighted by Crippen LogP contribution is 2.22. The lowest BCUT2D eigenvalue weighted by Gasteiger charge is -2.21. The van der Waals surface area contributed by atoms with E-state index in [0.717, 1.165) is 16.8 Å². The third kappa shape index (κ3) is 4.78. The number of amides is 1. The van der Waals surface area contributed by atoms with E-state index >= 15 is 0 Å². The first kappa shape index (κ1) is 17.9. The zero-order valence-corrected chi connectivity index (χ0v) is 15.0. The number of rotatable bonds is 5. The van der Waals surface area contributed by atoms with Crippen molar-refractivity contribution in [1.82, 2.24) is 15.3 Å². The molecule has 0 fully saturated rings. The Morgan fingerprint density at radius 2 is 1.96 bits per heavy atom. The molecule has 5 nitrogen and oxygen atoms in total. The molecule has 0 atom stereocenters. The molecule has 0 aliphatic carbocycles. The molecule has 24 heavy (non-hydrogen) atoms. The van der Waals surface area contributed by atoms with Crippen molar-refractivity contribution in [3.05, 3.63) is 53.1 Å². The molecule has 1 aromatic heterocycles. The Hall–Kier alpha value is -2.43. The molecule has 0 saturated carbocycles. The van der Waals surface area contributed by atoms with Crippen molar-refractivity contribution >= 4 is 5.91 Å². The first-order valence-electron chi connectivity index (χ1n) is 8.03. The van der Waals surface area contributed by atoms with Crippen LogP contribution in [0.15, 0.2) is 30.7 Å². The quantitative estimate of drug-likeness (QED) is 0.916. The second kappa shape index (κ2) is 7.43. The average molecular weight is 327 g/mol. The Morgan fingerprint density at radius 1 is 1.21 bits per heavy atom. The minimum absolute atomic E-state index is 0.0129. The highest BCUT2D eigenvalue weighted by Gasteiger charge is 2.19. The number of aryl methyl sites for hydroxylation is 2. The first-order chi connectivity index (χ1) is 11.3. The van der Waals surface area contributed by atoms with Gasteiger partial charge in [-0.3, -0.25) is 4.79 Å². The van der Waals surface area contributed by atoms with Crippen LogP contribution in [-0.2, 0) is 16.8 Å². The van der Waals surface area contributed by atoms with Crippen molar-refractivity contribution in [3.8, 4) is 5.75 Å². The van der Waals surface area contributed by atoms with Crippen LogP contribution < -0.4 is 10.1 Å². The number of carbonyl (C=O) groups excluding carboxylic acids is 1. The lowest BCUT2D eigenvalue weighted by Crippen LogP contribution is -2.30. The highest BCUT2D eigenvalue weighted by atomic mass is 16.5. The van der Waals surface area contributed by atoms with Gasteiger partial charge in [0, 0.05) is 23.7 Å². The number of ether oxygens (including phenoxy) is 1. The molecule has 128 valence electrons. The Morgan fingerprint density at radius 3 is 2.62 bits per heavy atom. The number of nitrogens with one attached hydrogen (secondary N) is 1. The predicted molar refractivity (Wildman–Crippen MR) is 94.0 cm³/mol. The van der Waals surface area contributed by atoms with E-state index in [4.69, 9.17) is 4.74 Å². The van der Waals surface area contributed by atoms with E-state index in [1.165, 1.54) is 11.9 Å². The van der Waals surface area contributed by atoms with E-state index in [-0.39, 0.29) is 17.9 Å². The van der Waals surface area contributed by atoms with Crippen LogP contribution in [0.1, 0.15) is 43.2 Å². The van der Waals surface area contributed by atoms with Gasteiger partial charge in [0.25, 0.3) is 5.91 Å². The SMILES string of the molecule is Cc1ccc(OCC(=O)NCc2cncnc2C(C)(C)C)cc1C. The van der Waals surface area contributed by atoms with Gasteiger partial charge in [-0.1, -0.05) is 26.8 Å². The molecule has 0 bridgehead atoms. The van der Waals surface area contributed by atoms with Crippen LogP contribution in [0.3, 0.4) is 0 Å². The summed E-state index contributed by atoms with van der Waals surface area (Å²) in [6, 6.07) is 5.79. The monoisotopic (exact) mass is 327 g/mol. The van der Waals surface area contributed by atoms with Crippen molar-refractivity contribution in [3.63, 3.8) is 0 Å². The predicted octanol–water partition coefficient (Wildman–Crippen LogP) is 3.09. The van der Waals surface area contributed by atoms with E-state index < -0.39 is 0 Å². The molecule has 0 unspecified atom stereocenters. The lowest BCUT2D eigenvalue weighted by atomic mass is 9.89. The normalized spacial score (nSPS) is 11.2. The third-order valence-corrected chi connectivity index (χ3v) is 3.82. The number of carbonyl (C=O) groups is 1. The van der Waals surface area contributed by atoms with Gasteiger partial charge >= 0.3 is 0 Å². The summed E-state index contributed by atoms with van der Waals surface area (Å²) in [6.07, 6.45) is 3.28. The van der Waals surface area contributed by atoms with Crippen molar-refractivity contribution in [1.29, 1.82) is 0 Å². The minimum Gasteiger partial charge on any atom is -0.484 e. The van der Waals surface area contributed by atoms with Crippen molar-refractivity contribution in [2.45, 2.75) is 46.6 Å². The molecule has 1 heterocycles. The van der Waals surface area contributed by atoms with Crippen molar-refractivity contribution in [2.75, 3.05) is 6.61 Å². The fourth-order valence-corrected chi connectivity index (χ4v) is 2.36. The van der Waals surface area contributed by atoms with Crippen LogP contribution in [0.4, 0.5) is 0 Å². The maximum absolute atomic E-state index is 12.0. The molecule has 0 saturated heterocycles. The molecular weight excluding hydrogens is 302 g/mol. The van der Waals surface area contributed by atoms with Crippen LogP contribution >= 0.6 is 0 Å². The van der Waals surface area contributed by atoms with Gasteiger partial charge in [-0.2, -0.15) is 0 Å². The fraction of sp³-hybridized carbons (Fsp3) is 0.421. The van der Waals surface area contributed by atoms with Gasteiger partial charge in [0.05, 0.1) is 5.69 Å². The van der Waals surface area contributed by atoms with E-state index in [2.05, 4.69) is 36.1 Å². The summed E-state index contributed by atoms with van der Waals surface area (Å²) in [6.45, 7) is 10.7. The first-order valence-corrected chi connectivity index (χ1v) is 8.03. The summed E-state index contributed by atoms with van der Waals surface area (Å²) in [5, 5.41) is 2.86. The number of hydrogen-bond donors (Lipinski definition) is 1. The molecule has 0 radical (unpaired) electrons. The summed E-state index contributed by atoms with van der Waals surface area (Å²) in [4.78, 5) is 20.4. The van der Waals surface area contributed by atoms with Gasteiger partial charge in [0.15, 0.2) is 6.61 Å². The van der Waals surface area contributed by atoms with E-state index in [1.807, 2.05) is 32.0 Å². The van der Waals surface area contributed by atoms with Crippen molar-refractivity contribution in [2.24, 2.45) is 0 Å². The summed E-state index contributed by atoms with van der Waals surface area (Å²) >= 11 is 0. The molecule has 0 spiro atoms. The average Bonchev–Trinajstić information content (AvgIpc) is 2.53. The second-order valence-corrected chi connectivity index (χ2v) is 6.96. The molecule has 5 heteroatoms. The fourth-order valence-electron chi connectivity index (χ4n) is 2.36. The smallest absolute Gasteiger partial charge is 0.258 e. The Kier molecular flexibility index (Phi) is 5.54. The van der Waals surface area contributed by atoms with Crippen LogP contribution in [0.2, 0.25) is 0 Å². The molecule has 1 N–H and O–H groups in total.